The van der Waals surface area contributed by atoms with Crippen molar-refractivity contribution in [3.05, 3.63) is 29.8 Å². The second kappa shape index (κ2) is 7.93. The number of benzene rings is 1. The van der Waals surface area contributed by atoms with Crippen LogP contribution in [-0.4, -0.2) is 41.9 Å². The molecule has 1 aromatic rings. The highest BCUT2D eigenvalue weighted by Crippen LogP contribution is 2.25. The number of carbonyl (C=O) groups is 2. The van der Waals surface area contributed by atoms with E-state index in [1.165, 1.54) is 4.90 Å². The van der Waals surface area contributed by atoms with Crippen molar-refractivity contribution in [2.24, 2.45) is 5.92 Å². The molecule has 2 atom stereocenters. The van der Waals surface area contributed by atoms with E-state index in [1.807, 2.05) is 37.4 Å². The molecule has 5 nitrogen and oxygen atoms in total. The third-order valence-electron chi connectivity index (χ3n) is 3.26. The smallest absolute Gasteiger partial charge is 0.317 e. The molecule has 0 spiro atoms. The van der Waals surface area contributed by atoms with E-state index in [4.69, 9.17) is 5.11 Å². The number of nitrogens with zero attached hydrogens (tertiary/aromatic N) is 1. The molecule has 0 fully saturated rings. The Kier molecular flexibility index (Phi) is 6.55. The number of urea groups is 1. The van der Waals surface area contributed by atoms with Crippen LogP contribution in [0.15, 0.2) is 29.2 Å². The zero-order chi connectivity index (χ0) is 16.0. The van der Waals surface area contributed by atoms with E-state index in [9.17, 15) is 9.59 Å². The Bertz CT molecular complexity index is 507. The third kappa shape index (κ3) is 4.97. The van der Waals surface area contributed by atoms with Crippen molar-refractivity contribution in [3.63, 3.8) is 0 Å². The highest BCUT2D eigenvalue weighted by Gasteiger charge is 2.19. The summed E-state index contributed by atoms with van der Waals surface area (Å²) in [6.45, 7) is 3.68. The molecule has 0 heterocycles. The summed E-state index contributed by atoms with van der Waals surface area (Å²) in [5.41, 5.74) is 1.05. The molecule has 116 valence electrons. The number of hydrogen-bond donors (Lipinski definition) is 2. The SMILES string of the molecule is CSc1ccccc1[C@@H](C)NC(=O)N(C)CC(C)C(=O)O. The van der Waals surface area contributed by atoms with E-state index in [-0.39, 0.29) is 18.6 Å². The van der Waals surface area contributed by atoms with Gasteiger partial charge in [0.2, 0.25) is 0 Å². The molecule has 0 radical (unpaired) electrons. The van der Waals surface area contributed by atoms with Crippen molar-refractivity contribution in [1.29, 1.82) is 0 Å². The first-order valence-corrected chi connectivity index (χ1v) is 7.96. The number of carbonyl (C=O) groups excluding carboxylic acids is 1. The number of nitrogens with one attached hydrogen (secondary N) is 1. The summed E-state index contributed by atoms with van der Waals surface area (Å²) in [5.74, 6) is -1.50. The molecular formula is C15H22N2O3S. The molecule has 6 heteroatoms. The quantitative estimate of drug-likeness (QED) is 0.793. The number of carboxylic acid groups (broad SMARTS) is 1. The van der Waals surface area contributed by atoms with Gasteiger partial charge in [0, 0.05) is 18.5 Å². The van der Waals surface area contributed by atoms with Gasteiger partial charge in [-0.3, -0.25) is 4.79 Å². The molecule has 2 amide bonds. The third-order valence-corrected chi connectivity index (χ3v) is 4.07. The fourth-order valence-electron chi connectivity index (χ4n) is 1.97. The summed E-state index contributed by atoms with van der Waals surface area (Å²) in [4.78, 5) is 25.4. The predicted molar refractivity (Wildman–Crippen MR) is 84.6 cm³/mol. The van der Waals surface area contributed by atoms with Crippen LogP contribution >= 0.6 is 11.8 Å². The molecule has 0 aromatic heterocycles. The van der Waals surface area contributed by atoms with Crippen LogP contribution in [0.2, 0.25) is 0 Å². The molecule has 21 heavy (non-hydrogen) atoms. The van der Waals surface area contributed by atoms with E-state index >= 15 is 0 Å². The van der Waals surface area contributed by atoms with Gasteiger partial charge in [0.15, 0.2) is 0 Å². The lowest BCUT2D eigenvalue weighted by atomic mass is 10.1. The second-order valence-electron chi connectivity index (χ2n) is 5.03. The first kappa shape index (κ1) is 17.4. The molecule has 1 aromatic carbocycles. The van der Waals surface area contributed by atoms with Crippen LogP contribution in [0.1, 0.15) is 25.5 Å². The minimum Gasteiger partial charge on any atom is -0.481 e. The Balaban J connectivity index is 2.67. The molecule has 1 rings (SSSR count). The van der Waals surface area contributed by atoms with Crippen LogP contribution in [0.4, 0.5) is 4.79 Å². The maximum Gasteiger partial charge on any atom is 0.317 e. The number of thioether (sulfide) groups is 1. The lowest BCUT2D eigenvalue weighted by molar-refractivity contribution is -0.141. The van der Waals surface area contributed by atoms with Crippen LogP contribution < -0.4 is 5.32 Å². The van der Waals surface area contributed by atoms with Gasteiger partial charge >= 0.3 is 12.0 Å². The average molecular weight is 310 g/mol. The van der Waals surface area contributed by atoms with Gasteiger partial charge in [-0.1, -0.05) is 25.1 Å². The van der Waals surface area contributed by atoms with E-state index < -0.39 is 11.9 Å². The molecule has 2 N–H and O–H groups in total. The molecule has 0 bridgehead atoms. The standard InChI is InChI=1S/C15H22N2O3S/c1-10(14(18)19)9-17(3)15(20)16-11(2)12-7-5-6-8-13(12)21-4/h5-8,10-11H,9H2,1-4H3,(H,16,20)(H,18,19)/t10?,11-/m1/s1. The van der Waals surface area contributed by atoms with Gasteiger partial charge in [0.25, 0.3) is 0 Å². The first-order valence-electron chi connectivity index (χ1n) is 6.74. The summed E-state index contributed by atoms with van der Waals surface area (Å²) < 4.78 is 0. The van der Waals surface area contributed by atoms with Crippen molar-refractivity contribution in [3.8, 4) is 0 Å². The van der Waals surface area contributed by atoms with E-state index in [0.29, 0.717) is 0 Å². The van der Waals surface area contributed by atoms with Crippen molar-refractivity contribution < 1.29 is 14.7 Å². The van der Waals surface area contributed by atoms with Crippen LogP contribution in [0, 0.1) is 5.92 Å². The largest absolute Gasteiger partial charge is 0.481 e. The summed E-state index contributed by atoms with van der Waals surface area (Å²) in [6.07, 6.45) is 1.99. The van der Waals surface area contributed by atoms with Gasteiger partial charge in [0.1, 0.15) is 0 Å². The van der Waals surface area contributed by atoms with Gasteiger partial charge < -0.3 is 15.3 Å². The summed E-state index contributed by atoms with van der Waals surface area (Å²) in [6, 6.07) is 7.49. The average Bonchev–Trinajstić information content (AvgIpc) is 2.46. The van der Waals surface area contributed by atoms with Crippen LogP contribution in [0.3, 0.4) is 0 Å². The topological polar surface area (TPSA) is 69.6 Å². The number of rotatable bonds is 6. The lowest BCUT2D eigenvalue weighted by Crippen LogP contribution is -2.41. The fraction of sp³-hybridized carbons (Fsp3) is 0.467. The molecule has 0 saturated carbocycles. The summed E-state index contributed by atoms with van der Waals surface area (Å²) in [7, 11) is 1.60. The van der Waals surface area contributed by atoms with Crippen molar-refractivity contribution in [2.45, 2.75) is 24.8 Å². The van der Waals surface area contributed by atoms with E-state index in [2.05, 4.69) is 5.32 Å². The Morgan fingerprint density at radius 3 is 2.52 bits per heavy atom. The number of aliphatic carboxylic acids is 1. The number of hydrogen-bond acceptors (Lipinski definition) is 3. The van der Waals surface area contributed by atoms with Gasteiger partial charge in [-0.15, -0.1) is 11.8 Å². The number of carboxylic acids is 1. The second-order valence-corrected chi connectivity index (χ2v) is 5.88. The van der Waals surface area contributed by atoms with Crippen molar-refractivity contribution in [1.82, 2.24) is 10.2 Å². The molecule has 0 aliphatic rings. The Morgan fingerprint density at radius 2 is 1.95 bits per heavy atom. The molecule has 0 aliphatic heterocycles. The van der Waals surface area contributed by atoms with Crippen molar-refractivity contribution >= 4 is 23.8 Å². The fourth-order valence-corrected chi connectivity index (χ4v) is 2.66. The first-order chi connectivity index (χ1) is 9.86. The van der Waals surface area contributed by atoms with Gasteiger partial charge in [-0.2, -0.15) is 0 Å². The highest BCUT2D eigenvalue weighted by atomic mass is 32.2. The maximum absolute atomic E-state index is 12.1. The summed E-state index contributed by atoms with van der Waals surface area (Å²) in [5, 5.41) is 11.8. The molecule has 0 aliphatic carbocycles. The Hall–Kier alpha value is -1.69. The van der Waals surface area contributed by atoms with Crippen molar-refractivity contribution in [2.75, 3.05) is 19.8 Å². The number of amides is 2. The van der Waals surface area contributed by atoms with Gasteiger partial charge in [-0.25, -0.2) is 4.79 Å². The molecule has 1 unspecified atom stereocenters. The predicted octanol–water partition coefficient (Wildman–Crippen LogP) is 2.83. The van der Waals surface area contributed by atoms with Crippen LogP contribution in [0.25, 0.3) is 0 Å². The lowest BCUT2D eigenvalue weighted by Gasteiger charge is -2.23. The normalized spacial score (nSPS) is 13.3. The zero-order valence-corrected chi connectivity index (χ0v) is 13.6. The van der Waals surface area contributed by atoms with Crippen LogP contribution in [-0.2, 0) is 4.79 Å². The van der Waals surface area contributed by atoms with Gasteiger partial charge in [0.05, 0.1) is 12.0 Å². The highest BCUT2D eigenvalue weighted by molar-refractivity contribution is 7.98. The van der Waals surface area contributed by atoms with E-state index in [1.54, 1.807) is 25.7 Å². The molecule has 0 saturated heterocycles. The summed E-state index contributed by atoms with van der Waals surface area (Å²) >= 11 is 1.63. The van der Waals surface area contributed by atoms with E-state index in [0.717, 1.165) is 10.5 Å². The van der Waals surface area contributed by atoms with Crippen LogP contribution in [0.5, 0.6) is 0 Å². The Labute approximate surface area is 129 Å². The minimum absolute atomic E-state index is 0.135. The van der Waals surface area contributed by atoms with Gasteiger partial charge in [-0.05, 0) is 24.8 Å². The zero-order valence-electron chi connectivity index (χ0n) is 12.8. The monoisotopic (exact) mass is 310 g/mol. The maximum atomic E-state index is 12.1. The molecular weight excluding hydrogens is 288 g/mol. The Morgan fingerprint density at radius 1 is 1.33 bits per heavy atom. The minimum atomic E-state index is -0.907.